The van der Waals surface area contributed by atoms with Gasteiger partial charge in [0.1, 0.15) is 6.54 Å². The molecule has 1 saturated carbocycles. The maximum atomic E-state index is 12.2. The first-order valence-corrected chi connectivity index (χ1v) is 6.96. The van der Waals surface area contributed by atoms with Crippen molar-refractivity contribution in [3.63, 3.8) is 0 Å². The van der Waals surface area contributed by atoms with E-state index in [0.29, 0.717) is 12.8 Å². The predicted molar refractivity (Wildman–Crippen MR) is 75.0 cm³/mol. The van der Waals surface area contributed by atoms with E-state index < -0.39 is 17.4 Å². The molecule has 22 heavy (non-hydrogen) atoms. The predicted octanol–water partition coefficient (Wildman–Crippen LogP) is -0.506. The molecule has 1 fully saturated rings. The van der Waals surface area contributed by atoms with E-state index >= 15 is 0 Å². The number of likely N-dealkylation sites (N-methyl/N-ethyl adjacent to an activating group) is 1. The van der Waals surface area contributed by atoms with Crippen LogP contribution in [0.2, 0.25) is 0 Å². The third-order valence-electron chi connectivity index (χ3n) is 3.75. The highest BCUT2D eigenvalue weighted by atomic mass is 16.4. The van der Waals surface area contributed by atoms with Crippen LogP contribution in [0.5, 0.6) is 0 Å². The van der Waals surface area contributed by atoms with E-state index in [0.717, 1.165) is 6.42 Å². The van der Waals surface area contributed by atoms with E-state index in [1.54, 1.807) is 14.1 Å². The molecule has 2 N–H and O–H groups in total. The van der Waals surface area contributed by atoms with Gasteiger partial charge in [0.25, 0.3) is 5.91 Å². The van der Waals surface area contributed by atoms with Crippen molar-refractivity contribution in [2.75, 3.05) is 14.1 Å². The van der Waals surface area contributed by atoms with Gasteiger partial charge < -0.3 is 15.3 Å². The van der Waals surface area contributed by atoms with Gasteiger partial charge in [-0.05, 0) is 19.3 Å². The van der Waals surface area contributed by atoms with Gasteiger partial charge in [0.05, 0.1) is 18.2 Å². The first-order chi connectivity index (χ1) is 10.3. The van der Waals surface area contributed by atoms with E-state index in [4.69, 9.17) is 5.11 Å². The molecule has 0 aromatic carbocycles. The number of nitrogens with zero attached hydrogens (tertiary/aromatic N) is 4. The van der Waals surface area contributed by atoms with Crippen molar-refractivity contribution in [2.45, 2.75) is 37.8 Å². The standard InChI is InChI=1S/C13H19N5O4/c1-17(2)10(19)8-18-7-9(15-16-18)12(22)14-13(4-3-5-13)6-11(20)21/h7H,3-6,8H2,1-2H3,(H,14,22)(H,20,21). The average Bonchev–Trinajstić information content (AvgIpc) is 2.83. The minimum absolute atomic E-state index is 0.00640. The van der Waals surface area contributed by atoms with Crippen LogP contribution < -0.4 is 5.32 Å². The Balaban J connectivity index is 2.00. The Bertz CT molecular complexity index is 591. The molecule has 0 saturated heterocycles. The number of carbonyl (C=O) groups excluding carboxylic acids is 2. The van der Waals surface area contributed by atoms with E-state index in [1.807, 2.05) is 0 Å². The number of hydrogen-bond donors (Lipinski definition) is 2. The van der Waals surface area contributed by atoms with Crippen molar-refractivity contribution >= 4 is 17.8 Å². The van der Waals surface area contributed by atoms with Crippen LogP contribution in [0.15, 0.2) is 6.20 Å². The van der Waals surface area contributed by atoms with Crippen molar-refractivity contribution in [1.82, 2.24) is 25.2 Å². The molecule has 1 heterocycles. The molecule has 1 aromatic rings. The van der Waals surface area contributed by atoms with Crippen molar-refractivity contribution in [1.29, 1.82) is 0 Å². The van der Waals surface area contributed by atoms with Gasteiger partial charge in [-0.3, -0.25) is 14.4 Å². The van der Waals surface area contributed by atoms with Crippen LogP contribution in [0.25, 0.3) is 0 Å². The smallest absolute Gasteiger partial charge is 0.305 e. The molecule has 2 amide bonds. The molecule has 2 rings (SSSR count). The molecule has 1 aliphatic rings. The molecule has 0 bridgehead atoms. The first-order valence-electron chi connectivity index (χ1n) is 6.96. The molecule has 0 aliphatic heterocycles. The van der Waals surface area contributed by atoms with E-state index in [-0.39, 0.29) is 24.6 Å². The lowest BCUT2D eigenvalue weighted by atomic mass is 9.74. The topological polar surface area (TPSA) is 117 Å². The van der Waals surface area contributed by atoms with E-state index in [1.165, 1.54) is 15.8 Å². The summed E-state index contributed by atoms with van der Waals surface area (Å²) in [6, 6.07) is 0. The monoisotopic (exact) mass is 309 g/mol. The number of nitrogens with one attached hydrogen (secondary N) is 1. The Morgan fingerprint density at radius 2 is 2.09 bits per heavy atom. The Labute approximate surface area is 127 Å². The molecule has 0 spiro atoms. The summed E-state index contributed by atoms with van der Waals surface area (Å²) >= 11 is 0. The summed E-state index contributed by atoms with van der Waals surface area (Å²) in [5.74, 6) is -1.58. The number of carboxylic acids is 1. The highest BCUT2D eigenvalue weighted by molar-refractivity contribution is 5.93. The fourth-order valence-electron chi connectivity index (χ4n) is 2.30. The number of hydrogen-bond acceptors (Lipinski definition) is 5. The number of carbonyl (C=O) groups is 3. The molecular formula is C13H19N5O4. The van der Waals surface area contributed by atoms with Crippen LogP contribution in [0, 0.1) is 0 Å². The van der Waals surface area contributed by atoms with E-state index in [2.05, 4.69) is 15.6 Å². The van der Waals surface area contributed by atoms with Gasteiger partial charge in [0.2, 0.25) is 5.91 Å². The van der Waals surface area contributed by atoms with Gasteiger partial charge in [0.15, 0.2) is 5.69 Å². The lowest BCUT2D eigenvalue weighted by Crippen LogP contribution is -2.54. The Hall–Kier alpha value is -2.45. The summed E-state index contributed by atoms with van der Waals surface area (Å²) in [5, 5.41) is 19.1. The molecule has 0 radical (unpaired) electrons. The van der Waals surface area contributed by atoms with Crippen molar-refractivity contribution < 1.29 is 19.5 Å². The lowest BCUT2D eigenvalue weighted by molar-refractivity contribution is -0.139. The van der Waals surface area contributed by atoms with Crippen LogP contribution in [-0.2, 0) is 16.1 Å². The minimum atomic E-state index is -0.944. The largest absolute Gasteiger partial charge is 0.481 e. The van der Waals surface area contributed by atoms with Gasteiger partial charge in [-0.15, -0.1) is 5.10 Å². The highest BCUT2D eigenvalue weighted by Crippen LogP contribution is 2.35. The Morgan fingerprint density at radius 1 is 1.41 bits per heavy atom. The van der Waals surface area contributed by atoms with Crippen LogP contribution in [0.1, 0.15) is 36.2 Å². The molecule has 9 nitrogen and oxygen atoms in total. The van der Waals surface area contributed by atoms with Gasteiger partial charge >= 0.3 is 5.97 Å². The van der Waals surface area contributed by atoms with E-state index in [9.17, 15) is 14.4 Å². The zero-order chi connectivity index (χ0) is 16.3. The summed E-state index contributed by atoms with van der Waals surface area (Å²) in [6.07, 6.45) is 3.43. The minimum Gasteiger partial charge on any atom is -0.481 e. The summed E-state index contributed by atoms with van der Waals surface area (Å²) in [6.45, 7) is -0.00640. The van der Waals surface area contributed by atoms with Crippen molar-refractivity contribution in [3.05, 3.63) is 11.9 Å². The maximum absolute atomic E-state index is 12.2. The quantitative estimate of drug-likeness (QED) is 0.731. The molecular weight excluding hydrogens is 290 g/mol. The van der Waals surface area contributed by atoms with Crippen LogP contribution >= 0.6 is 0 Å². The molecule has 0 unspecified atom stereocenters. The number of rotatable bonds is 6. The zero-order valence-corrected chi connectivity index (χ0v) is 12.6. The fraction of sp³-hybridized carbons (Fsp3) is 0.615. The molecule has 9 heteroatoms. The second kappa shape index (κ2) is 6.12. The summed E-state index contributed by atoms with van der Waals surface area (Å²) in [5.41, 5.74) is -0.616. The van der Waals surface area contributed by atoms with Crippen molar-refractivity contribution in [3.8, 4) is 0 Å². The highest BCUT2D eigenvalue weighted by Gasteiger charge is 2.40. The van der Waals surface area contributed by atoms with Gasteiger partial charge in [-0.1, -0.05) is 5.21 Å². The normalized spacial score (nSPS) is 15.7. The summed E-state index contributed by atoms with van der Waals surface area (Å²) in [4.78, 5) is 36.0. The molecule has 1 aromatic heterocycles. The van der Waals surface area contributed by atoms with Gasteiger partial charge in [-0.25, -0.2) is 4.68 Å². The third-order valence-corrected chi connectivity index (χ3v) is 3.75. The molecule has 120 valence electrons. The SMILES string of the molecule is CN(C)C(=O)Cn1cc(C(=O)NC2(CC(=O)O)CCC2)nn1. The molecule has 1 aliphatic carbocycles. The van der Waals surface area contributed by atoms with Crippen LogP contribution in [0.4, 0.5) is 0 Å². The van der Waals surface area contributed by atoms with Gasteiger partial charge in [0, 0.05) is 14.1 Å². The second-order valence-corrected chi connectivity index (χ2v) is 5.75. The second-order valence-electron chi connectivity index (χ2n) is 5.75. The lowest BCUT2D eigenvalue weighted by Gasteiger charge is -2.41. The fourth-order valence-corrected chi connectivity index (χ4v) is 2.30. The first kappa shape index (κ1) is 15.9. The number of aliphatic carboxylic acids is 1. The number of amides is 2. The third kappa shape index (κ3) is 3.60. The zero-order valence-electron chi connectivity index (χ0n) is 12.6. The number of carboxylic acid groups (broad SMARTS) is 1. The maximum Gasteiger partial charge on any atom is 0.305 e. The average molecular weight is 309 g/mol. The summed E-state index contributed by atoms with van der Waals surface area (Å²) < 4.78 is 1.28. The number of aromatic nitrogens is 3. The van der Waals surface area contributed by atoms with Gasteiger partial charge in [-0.2, -0.15) is 0 Å². The Morgan fingerprint density at radius 3 is 2.59 bits per heavy atom. The Kier molecular flexibility index (Phi) is 4.43. The van der Waals surface area contributed by atoms with Crippen LogP contribution in [0.3, 0.4) is 0 Å². The molecule has 0 atom stereocenters. The van der Waals surface area contributed by atoms with Crippen LogP contribution in [-0.4, -0.2) is 62.4 Å². The summed E-state index contributed by atoms with van der Waals surface area (Å²) in [7, 11) is 3.25. The van der Waals surface area contributed by atoms with Crippen molar-refractivity contribution in [2.24, 2.45) is 0 Å².